The summed E-state index contributed by atoms with van der Waals surface area (Å²) in [6.45, 7) is 8.47. The van der Waals surface area contributed by atoms with Crippen LogP contribution >= 0.6 is 0 Å². The van der Waals surface area contributed by atoms with Crippen molar-refractivity contribution in [1.82, 2.24) is 14.9 Å². The molecule has 0 unspecified atom stereocenters. The molecule has 1 aliphatic carbocycles. The summed E-state index contributed by atoms with van der Waals surface area (Å²) in [6.07, 6.45) is 3.63. The van der Waals surface area contributed by atoms with Crippen molar-refractivity contribution in [2.75, 3.05) is 48.3 Å². The molecule has 1 aromatic heterocycles. The minimum Gasteiger partial charge on any atom is -0.462 e. The van der Waals surface area contributed by atoms with Crippen LogP contribution in [0.1, 0.15) is 36.1 Å². The van der Waals surface area contributed by atoms with Crippen LogP contribution in [0.15, 0.2) is 49.1 Å². The number of fused-ring (bicyclic) bond motifs is 2. The number of aromatic nitrogens is 2. The third-order valence-corrected chi connectivity index (χ3v) is 10.9. The van der Waals surface area contributed by atoms with E-state index in [1.807, 2.05) is 0 Å². The van der Waals surface area contributed by atoms with Gasteiger partial charge in [-0.15, -0.1) is 0 Å². The standard InChI is InChI=1S/C32H36N6O4S/c1-3-29(39)38-17-16-37(20-24(38)12-14-33)31-26-13-15-36(28-9-5-8-23-7-4-6-22(2)30(23)28)21-27(26)34-32(35-31)42-18-19-43(40,41)25-10-11-25/h3-9,24-25H,1,10-13,15-21H2,2H3/t24-/m0/s1. The molecule has 43 heavy (non-hydrogen) atoms. The number of nitriles is 1. The number of amides is 1. The summed E-state index contributed by atoms with van der Waals surface area (Å²) < 4.78 is 30.9. The van der Waals surface area contributed by atoms with Crippen LogP contribution in [0.5, 0.6) is 6.01 Å². The van der Waals surface area contributed by atoms with Gasteiger partial charge < -0.3 is 19.4 Å². The van der Waals surface area contributed by atoms with Crippen LogP contribution in [-0.2, 0) is 27.6 Å². The van der Waals surface area contributed by atoms with E-state index in [4.69, 9.17) is 14.7 Å². The Morgan fingerprint density at radius 3 is 2.67 bits per heavy atom. The minimum absolute atomic E-state index is 0.0119. The third-order valence-electron chi connectivity index (χ3n) is 8.65. The summed E-state index contributed by atoms with van der Waals surface area (Å²) in [5.41, 5.74) is 4.21. The van der Waals surface area contributed by atoms with Crippen molar-refractivity contribution in [3.05, 3.63) is 65.9 Å². The van der Waals surface area contributed by atoms with Crippen LogP contribution < -0.4 is 14.5 Å². The van der Waals surface area contributed by atoms with Gasteiger partial charge in [-0.2, -0.15) is 15.2 Å². The van der Waals surface area contributed by atoms with E-state index in [1.54, 1.807) is 4.90 Å². The highest BCUT2D eigenvalue weighted by Crippen LogP contribution is 2.36. The monoisotopic (exact) mass is 600 g/mol. The van der Waals surface area contributed by atoms with Gasteiger partial charge in [0, 0.05) is 42.8 Å². The molecule has 3 aliphatic rings. The smallest absolute Gasteiger partial charge is 0.318 e. The van der Waals surface area contributed by atoms with Crippen LogP contribution in [0, 0.1) is 18.3 Å². The van der Waals surface area contributed by atoms with Crippen molar-refractivity contribution < 1.29 is 17.9 Å². The zero-order valence-corrected chi connectivity index (χ0v) is 25.2. The number of nitrogens with zero attached hydrogens (tertiary/aromatic N) is 6. The molecule has 2 aromatic carbocycles. The normalized spacial score (nSPS) is 18.7. The Morgan fingerprint density at radius 2 is 1.93 bits per heavy atom. The zero-order chi connectivity index (χ0) is 30.1. The lowest BCUT2D eigenvalue weighted by Crippen LogP contribution is -2.55. The molecule has 224 valence electrons. The van der Waals surface area contributed by atoms with Gasteiger partial charge in [-0.25, -0.2) is 8.42 Å². The molecular formula is C32H36N6O4S. The van der Waals surface area contributed by atoms with E-state index in [1.165, 1.54) is 22.4 Å². The Labute approximate surface area is 252 Å². The molecule has 2 fully saturated rings. The Bertz CT molecular complexity index is 1710. The second-order valence-corrected chi connectivity index (χ2v) is 13.9. The molecule has 1 saturated heterocycles. The fourth-order valence-corrected chi connectivity index (χ4v) is 7.77. The molecule has 2 aliphatic heterocycles. The van der Waals surface area contributed by atoms with E-state index in [0.717, 1.165) is 42.1 Å². The fourth-order valence-electron chi connectivity index (χ4n) is 6.27. The first kappa shape index (κ1) is 28.9. The number of ether oxygens (including phenoxy) is 1. The molecule has 1 atom stereocenters. The first-order valence-corrected chi connectivity index (χ1v) is 16.5. The van der Waals surface area contributed by atoms with Gasteiger partial charge >= 0.3 is 6.01 Å². The van der Waals surface area contributed by atoms with Crippen LogP contribution in [0.25, 0.3) is 10.8 Å². The molecule has 0 spiro atoms. The summed E-state index contributed by atoms with van der Waals surface area (Å²) in [5, 5.41) is 11.6. The number of hydrogen-bond donors (Lipinski definition) is 0. The number of hydrogen-bond acceptors (Lipinski definition) is 9. The van der Waals surface area contributed by atoms with E-state index < -0.39 is 9.84 Å². The number of carbonyl (C=O) groups excluding carboxylic acids is 1. The number of carbonyl (C=O) groups is 1. The zero-order valence-electron chi connectivity index (χ0n) is 24.4. The largest absolute Gasteiger partial charge is 0.462 e. The summed E-state index contributed by atoms with van der Waals surface area (Å²) in [7, 11) is -3.18. The predicted octanol–water partition coefficient (Wildman–Crippen LogP) is 3.57. The van der Waals surface area contributed by atoms with Gasteiger partial charge in [0.25, 0.3) is 0 Å². The number of anilines is 2. The quantitative estimate of drug-likeness (QED) is 0.340. The maximum Gasteiger partial charge on any atom is 0.318 e. The highest BCUT2D eigenvalue weighted by Gasteiger charge is 2.36. The van der Waals surface area contributed by atoms with Crippen molar-refractivity contribution in [3.8, 4) is 12.1 Å². The second kappa shape index (κ2) is 11.8. The van der Waals surface area contributed by atoms with E-state index in [2.05, 4.69) is 65.8 Å². The second-order valence-electron chi connectivity index (χ2n) is 11.5. The molecule has 3 aromatic rings. The number of sulfone groups is 1. The van der Waals surface area contributed by atoms with Gasteiger partial charge in [0.1, 0.15) is 12.4 Å². The van der Waals surface area contributed by atoms with Gasteiger partial charge in [0.15, 0.2) is 9.84 Å². The van der Waals surface area contributed by atoms with Crippen molar-refractivity contribution >= 4 is 38.0 Å². The Kier molecular flexibility index (Phi) is 7.97. The average molecular weight is 601 g/mol. The van der Waals surface area contributed by atoms with Gasteiger partial charge in [-0.3, -0.25) is 4.79 Å². The van der Waals surface area contributed by atoms with Crippen molar-refractivity contribution in [2.45, 2.75) is 50.4 Å². The van der Waals surface area contributed by atoms with Gasteiger partial charge in [-0.05, 0) is 49.3 Å². The SMILES string of the molecule is C=CC(=O)N1CCN(c2nc(OCCS(=O)(=O)C3CC3)nc3c2CCN(c2cccc4cccc(C)c24)C3)C[C@@H]1CC#N. The highest BCUT2D eigenvalue weighted by molar-refractivity contribution is 7.92. The van der Waals surface area contributed by atoms with E-state index in [-0.39, 0.29) is 42.0 Å². The number of benzene rings is 2. The highest BCUT2D eigenvalue weighted by atomic mass is 32.2. The summed E-state index contributed by atoms with van der Waals surface area (Å²) >= 11 is 0. The molecule has 1 saturated carbocycles. The third kappa shape index (κ3) is 5.89. The van der Waals surface area contributed by atoms with Crippen molar-refractivity contribution in [2.24, 2.45) is 0 Å². The molecule has 1 amide bonds. The maximum atomic E-state index is 12.5. The first-order valence-electron chi connectivity index (χ1n) is 14.8. The van der Waals surface area contributed by atoms with Gasteiger partial charge in [0.2, 0.25) is 5.91 Å². The van der Waals surface area contributed by atoms with Crippen LogP contribution in [-0.4, -0.2) is 79.0 Å². The topological polar surface area (TPSA) is 120 Å². The average Bonchev–Trinajstić information content (AvgIpc) is 3.87. The molecule has 0 radical (unpaired) electrons. The molecular weight excluding hydrogens is 564 g/mol. The predicted molar refractivity (Wildman–Crippen MR) is 166 cm³/mol. The molecule has 0 bridgehead atoms. The maximum absolute atomic E-state index is 12.5. The number of piperazine rings is 1. The van der Waals surface area contributed by atoms with Crippen LogP contribution in [0.3, 0.4) is 0 Å². The van der Waals surface area contributed by atoms with Gasteiger partial charge in [-0.1, -0.05) is 36.9 Å². The number of rotatable bonds is 9. The van der Waals surface area contributed by atoms with Crippen molar-refractivity contribution in [3.63, 3.8) is 0 Å². The fraction of sp³-hybridized carbons (Fsp3) is 0.438. The van der Waals surface area contributed by atoms with Crippen molar-refractivity contribution in [1.29, 1.82) is 5.26 Å². The molecule has 10 nitrogen and oxygen atoms in total. The van der Waals surface area contributed by atoms with E-state index >= 15 is 0 Å². The lowest BCUT2D eigenvalue weighted by molar-refractivity contribution is -0.128. The minimum atomic E-state index is -3.18. The summed E-state index contributed by atoms with van der Waals surface area (Å²) in [4.78, 5) is 28.3. The molecule has 0 N–H and O–H groups in total. The molecule has 11 heteroatoms. The Morgan fingerprint density at radius 1 is 1.14 bits per heavy atom. The van der Waals surface area contributed by atoms with Gasteiger partial charge in [0.05, 0.1) is 41.8 Å². The Hall–Kier alpha value is -4.17. The lowest BCUT2D eigenvalue weighted by Gasteiger charge is -2.42. The first-order chi connectivity index (χ1) is 20.8. The van der Waals surface area contributed by atoms with E-state index in [9.17, 15) is 18.5 Å². The van der Waals surface area contributed by atoms with E-state index in [0.29, 0.717) is 32.6 Å². The van der Waals surface area contributed by atoms with Crippen LogP contribution in [0.4, 0.5) is 11.5 Å². The summed E-state index contributed by atoms with van der Waals surface area (Å²) in [6, 6.07) is 14.7. The lowest BCUT2D eigenvalue weighted by atomic mass is 9.99. The van der Waals surface area contributed by atoms with Crippen LogP contribution in [0.2, 0.25) is 0 Å². The molecule has 6 rings (SSSR count). The summed E-state index contributed by atoms with van der Waals surface area (Å²) in [5.74, 6) is 0.473. The number of aryl methyl sites for hydroxylation is 1. The molecule has 3 heterocycles. The Balaban J connectivity index is 1.33.